The predicted molar refractivity (Wildman–Crippen MR) is 71.7 cm³/mol. The van der Waals surface area contributed by atoms with Crippen molar-refractivity contribution < 1.29 is 0 Å². The van der Waals surface area contributed by atoms with Gasteiger partial charge < -0.3 is 0 Å². The summed E-state index contributed by atoms with van der Waals surface area (Å²) < 4.78 is 2.34. The second-order valence-electron chi connectivity index (χ2n) is 3.86. The lowest BCUT2D eigenvalue weighted by Crippen LogP contribution is -2.32. The highest BCUT2D eigenvalue weighted by molar-refractivity contribution is 9.10. The van der Waals surface area contributed by atoms with Gasteiger partial charge in [0.2, 0.25) is 0 Å². The first kappa shape index (κ1) is 12.8. The van der Waals surface area contributed by atoms with Crippen LogP contribution < -0.4 is 11.2 Å². The highest BCUT2D eigenvalue weighted by atomic mass is 79.9. The Labute approximate surface area is 112 Å². The zero-order valence-corrected chi connectivity index (χ0v) is 11.4. The van der Waals surface area contributed by atoms with Crippen molar-refractivity contribution in [2.24, 2.45) is 0 Å². The molecule has 0 amide bonds. The van der Waals surface area contributed by atoms with Crippen molar-refractivity contribution in [3.05, 3.63) is 61.1 Å². The summed E-state index contributed by atoms with van der Waals surface area (Å²) in [6.07, 6.45) is 3.85. The molecule has 0 saturated heterocycles. The topological polar surface area (TPSA) is 67.8 Å². The number of halogens is 1. The minimum absolute atomic E-state index is 0.317. The lowest BCUT2D eigenvalue weighted by molar-refractivity contribution is 0.693. The Morgan fingerprint density at radius 2 is 2.17 bits per heavy atom. The van der Waals surface area contributed by atoms with Gasteiger partial charge in [-0.15, -0.1) is 0 Å². The molecule has 5 nitrogen and oxygen atoms in total. The lowest BCUT2D eigenvalue weighted by atomic mass is 10.2. The van der Waals surface area contributed by atoms with Gasteiger partial charge in [-0.25, -0.2) is 4.79 Å². The van der Waals surface area contributed by atoms with Gasteiger partial charge in [-0.05, 0) is 34.5 Å². The molecule has 1 N–H and O–H groups in total. The van der Waals surface area contributed by atoms with E-state index in [9.17, 15) is 9.59 Å². The van der Waals surface area contributed by atoms with Gasteiger partial charge in [-0.2, -0.15) is 0 Å². The SMILES string of the molecule is CCc1cn(Cc2ccc(Br)cn2)c(=O)[nH]c1=O. The fourth-order valence-corrected chi connectivity index (χ4v) is 1.83. The van der Waals surface area contributed by atoms with Gasteiger partial charge in [-0.3, -0.25) is 19.3 Å². The molecule has 0 aromatic carbocycles. The normalized spacial score (nSPS) is 10.6. The summed E-state index contributed by atoms with van der Waals surface area (Å²) in [5, 5.41) is 0. The molecule has 94 valence electrons. The molecular weight excluding hydrogens is 298 g/mol. The van der Waals surface area contributed by atoms with Crippen LogP contribution in [0.5, 0.6) is 0 Å². The van der Waals surface area contributed by atoms with E-state index in [0.29, 0.717) is 18.5 Å². The quantitative estimate of drug-likeness (QED) is 0.929. The number of aryl methyl sites for hydroxylation is 1. The van der Waals surface area contributed by atoms with E-state index in [2.05, 4.69) is 25.9 Å². The maximum Gasteiger partial charge on any atom is 0.328 e. The summed E-state index contributed by atoms with van der Waals surface area (Å²) in [5.74, 6) is 0. The van der Waals surface area contributed by atoms with E-state index >= 15 is 0 Å². The van der Waals surface area contributed by atoms with Crippen LogP contribution in [0.4, 0.5) is 0 Å². The summed E-state index contributed by atoms with van der Waals surface area (Å²) in [6, 6.07) is 3.69. The third-order valence-corrected chi connectivity index (χ3v) is 3.06. The largest absolute Gasteiger partial charge is 0.328 e. The number of nitrogens with one attached hydrogen (secondary N) is 1. The molecule has 2 aromatic heterocycles. The number of hydrogen-bond acceptors (Lipinski definition) is 3. The van der Waals surface area contributed by atoms with Gasteiger partial charge in [0.25, 0.3) is 5.56 Å². The summed E-state index contributed by atoms with van der Waals surface area (Å²) in [7, 11) is 0. The minimum Gasteiger partial charge on any atom is -0.294 e. The average Bonchev–Trinajstić information content (AvgIpc) is 2.35. The molecule has 0 atom stereocenters. The predicted octanol–water partition coefficient (Wildman–Crippen LogP) is 1.30. The van der Waals surface area contributed by atoms with Gasteiger partial charge in [-0.1, -0.05) is 6.92 Å². The Hall–Kier alpha value is -1.69. The number of rotatable bonds is 3. The van der Waals surface area contributed by atoms with Crippen LogP contribution >= 0.6 is 15.9 Å². The Kier molecular flexibility index (Phi) is 3.76. The van der Waals surface area contributed by atoms with Crippen LogP contribution in [0, 0.1) is 0 Å². The van der Waals surface area contributed by atoms with Gasteiger partial charge in [0.05, 0.1) is 12.2 Å². The van der Waals surface area contributed by atoms with Crippen molar-refractivity contribution >= 4 is 15.9 Å². The van der Waals surface area contributed by atoms with Gasteiger partial charge in [0, 0.05) is 22.4 Å². The fourth-order valence-electron chi connectivity index (χ4n) is 1.60. The molecule has 0 radical (unpaired) electrons. The van der Waals surface area contributed by atoms with E-state index in [1.807, 2.05) is 19.1 Å². The van der Waals surface area contributed by atoms with Gasteiger partial charge >= 0.3 is 5.69 Å². The van der Waals surface area contributed by atoms with Crippen molar-refractivity contribution in [3.8, 4) is 0 Å². The van der Waals surface area contributed by atoms with E-state index in [1.54, 1.807) is 12.4 Å². The fraction of sp³-hybridized carbons (Fsp3) is 0.250. The van der Waals surface area contributed by atoms with E-state index in [1.165, 1.54) is 4.57 Å². The molecule has 0 spiro atoms. The van der Waals surface area contributed by atoms with E-state index in [0.717, 1.165) is 10.2 Å². The molecule has 6 heteroatoms. The average molecular weight is 310 g/mol. The number of nitrogens with zero attached hydrogens (tertiary/aromatic N) is 2. The van der Waals surface area contributed by atoms with Crippen molar-refractivity contribution in [3.63, 3.8) is 0 Å². The maximum atomic E-state index is 11.6. The molecule has 0 bridgehead atoms. The molecular formula is C12H12BrN3O2. The van der Waals surface area contributed by atoms with E-state index in [4.69, 9.17) is 0 Å². The second kappa shape index (κ2) is 5.30. The smallest absolute Gasteiger partial charge is 0.294 e. The molecule has 0 saturated carbocycles. The first-order chi connectivity index (χ1) is 8.60. The van der Waals surface area contributed by atoms with Crippen LogP contribution in [0.2, 0.25) is 0 Å². The molecule has 0 aliphatic rings. The maximum absolute atomic E-state index is 11.6. The van der Waals surface area contributed by atoms with Crippen molar-refractivity contribution in [1.29, 1.82) is 0 Å². The highest BCUT2D eigenvalue weighted by Gasteiger charge is 2.04. The van der Waals surface area contributed by atoms with E-state index in [-0.39, 0.29) is 5.56 Å². The molecule has 2 rings (SSSR count). The number of hydrogen-bond donors (Lipinski definition) is 1. The number of H-pyrrole nitrogens is 1. The highest BCUT2D eigenvalue weighted by Crippen LogP contribution is 2.07. The summed E-state index contributed by atoms with van der Waals surface area (Å²) >= 11 is 3.30. The summed E-state index contributed by atoms with van der Waals surface area (Å²) in [4.78, 5) is 29.6. The Bertz CT molecular complexity index is 658. The monoisotopic (exact) mass is 309 g/mol. The number of pyridine rings is 1. The van der Waals surface area contributed by atoms with Crippen LogP contribution in [-0.2, 0) is 13.0 Å². The molecule has 0 fully saturated rings. The van der Waals surface area contributed by atoms with Crippen LogP contribution in [0.15, 0.2) is 38.6 Å². The third kappa shape index (κ3) is 2.76. The van der Waals surface area contributed by atoms with Crippen LogP contribution in [0.1, 0.15) is 18.2 Å². The Balaban J connectivity index is 2.37. The van der Waals surface area contributed by atoms with Crippen molar-refractivity contribution in [2.75, 3.05) is 0 Å². The second-order valence-corrected chi connectivity index (χ2v) is 4.78. The minimum atomic E-state index is -0.415. The molecule has 0 aliphatic carbocycles. The molecule has 0 unspecified atom stereocenters. The third-order valence-electron chi connectivity index (χ3n) is 2.59. The van der Waals surface area contributed by atoms with Gasteiger partial charge in [0.15, 0.2) is 0 Å². The molecule has 2 aromatic rings. The Morgan fingerprint density at radius 3 is 2.78 bits per heavy atom. The zero-order chi connectivity index (χ0) is 13.1. The molecule has 18 heavy (non-hydrogen) atoms. The number of aromatic amines is 1. The summed E-state index contributed by atoms with van der Waals surface area (Å²) in [6.45, 7) is 2.22. The van der Waals surface area contributed by atoms with Gasteiger partial charge in [0.1, 0.15) is 0 Å². The summed E-state index contributed by atoms with van der Waals surface area (Å²) in [5.41, 5.74) is 0.616. The van der Waals surface area contributed by atoms with Crippen LogP contribution in [0.25, 0.3) is 0 Å². The van der Waals surface area contributed by atoms with Crippen LogP contribution in [0.3, 0.4) is 0 Å². The number of aromatic nitrogens is 3. The molecule has 2 heterocycles. The Morgan fingerprint density at radius 1 is 1.39 bits per heavy atom. The first-order valence-electron chi connectivity index (χ1n) is 5.53. The van der Waals surface area contributed by atoms with Crippen molar-refractivity contribution in [1.82, 2.24) is 14.5 Å². The standard InChI is InChI=1S/C12H12BrN3O2/c1-2-8-6-16(12(18)15-11(8)17)7-10-4-3-9(13)5-14-10/h3-6H,2,7H2,1H3,(H,15,17,18). The lowest BCUT2D eigenvalue weighted by Gasteiger charge is -2.06. The first-order valence-corrected chi connectivity index (χ1v) is 6.32. The van der Waals surface area contributed by atoms with Crippen molar-refractivity contribution in [2.45, 2.75) is 19.9 Å². The van der Waals surface area contributed by atoms with Crippen LogP contribution in [-0.4, -0.2) is 14.5 Å². The zero-order valence-electron chi connectivity index (χ0n) is 9.81. The molecule has 0 aliphatic heterocycles. The van der Waals surface area contributed by atoms with E-state index < -0.39 is 5.69 Å².